The van der Waals surface area contributed by atoms with Gasteiger partial charge in [-0.05, 0) is 39.1 Å². The number of likely N-dealkylation sites (N-methyl/N-ethyl adjacent to an activating group) is 1. The molecule has 2 N–H and O–H groups in total. The van der Waals surface area contributed by atoms with E-state index in [0.29, 0.717) is 5.89 Å². The summed E-state index contributed by atoms with van der Waals surface area (Å²) in [6.45, 7) is 4.06. The molecule has 1 aromatic carbocycles. The van der Waals surface area contributed by atoms with Crippen LogP contribution in [0.15, 0.2) is 28.7 Å². The third-order valence-corrected chi connectivity index (χ3v) is 2.76. The third kappa shape index (κ3) is 3.20. The molecule has 2 rings (SSSR count). The minimum absolute atomic E-state index is 0.0839. The molecule has 0 fully saturated rings. The molecule has 5 heteroatoms. The maximum Gasteiger partial charge on any atom is 0.238 e. The Morgan fingerprint density at radius 2 is 2.16 bits per heavy atom. The van der Waals surface area contributed by atoms with Gasteiger partial charge in [0.05, 0.1) is 12.2 Å². The zero-order valence-corrected chi connectivity index (χ0v) is 11.3. The summed E-state index contributed by atoms with van der Waals surface area (Å²) >= 11 is 0. The summed E-state index contributed by atoms with van der Waals surface area (Å²) in [6, 6.07) is 7.44. The number of hydrogen-bond acceptors (Lipinski definition) is 4. The van der Waals surface area contributed by atoms with E-state index in [4.69, 9.17) is 4.42 Å². The van der Waals surface area contributed by atoms with Crippen LogP contribution in [0.3, 0.4) is 0 Å². The standard InChI is InChI=1S/C14H17N3O2/c1-9-10(2)19-14(16-9)11-5-4-6-12(7-11)17-13(18)8-15-3/h4-7,15H,8H2,1-3H3,(H,17,18). The van der Waals surface area contributed by atoms with Crippen molar-refractivity contribution in [2.45, 2.75) is 13.8 Å². The Labute approximate surface area is 112 Å². The molecule has 100 valence electrons. The Morgan fingerprint density at radius 1 is 1.37 bits per heavy atom. The predicted molar refractivity (Wildman–Crippen MR) is 74.0 cm³/mol. The highest BCUT2D eigenvalue weighted by Crippen LogP contribution is 2.23. The third-order valence-electron chi connectivity index (χ3n) is 2.76. The van der Waals surface area contributed by atoms with E-state index >= 15 is 0 Å². The number of aromatic nitrogens is 1. The van der Waals surface area contributed by atoms with E-state index in [9.17, 15) is 4.79 Å². The van der Waals surface area contributed by atoms with Gasteiger partial charge in [-0.15, -0.1) is 0 Å². The monoisotopic (exact) mass is 259 g/mol. The van der Waals surface area contributed by atoms with Crippen LogP contribution in [0.5, 0.6) is 0 Å². The molecule has 0 aliphatic rings. The first-order valence-electron chi connectivity index (χ1n) is 6.09. The van der Waals surface area contributed by atoms with E-state index in [-0.39, 0.29) is 12.5 Å². The predicted octanol–water partition coefficient (Wildman–Crippen LogP) is 2.12. The van der Waals surface area contributed by atoms with Gasteiger partial charge in [0.1, 0.15) is 5.76 Å². The minimum Gasteiger partial charge on any atom is -0.441 e. The zero-order chi connectivity index (χ0) is 13.8. The number of hydrogen-bond donors (Lipinski definition) is 2. The van der Waals surface area contributed by atoms with Crippen molar-refractivity contribution in [1.82, 2.24) is 10.3 Å². The van der Waals surface area contributed by atoms with Crippen molar-refractivity contribution in [3.8, 4) is 11.5 Å². The number of anilines is 1. The SMILES string of the molecule is CNCC(=O)Nc1cccc(-c2nc(C)c(C)o2)c1. The molecule has 0 aliphatic heterocycles. The molecule has 19 heavy (non-hydrogen) atoms. The highest BCUT2D eigenvalue weighted by atomic mass is 16.4. The second-order valence-corrected chi connectivity index (χ2v) is 4.32. The van der Waals surface area contributed by atoms with Crippen molar-refractivity contribution >= 4 is 11.6 Å². The molecular formula is C14H17N3O2. The van der Waals surface area contributed by atoms with E-state index in [1.807, 2.05) is 38.1 Å². The molecular weight excluding hydrogens is 242 g/mol. The molecule has 0 atom stereocenters. The first-order valence-corrected chi connectivity index (χ1v) is 6.09. The average Bonchev–Trinajstić information content (AvgIpc) is 2.70. The molecule has 0 aliphatic carbocycles. The molecule has 0 radical (unpaired) electrons. The number of benzene rings is 1. The van der Waals surface area contributed by atoms with Crippen LogP contribution in [0, 0.1) is 13.8 Å². The molecule has 0 saturated heterocycles. The number of carbonyl (C=O) groups excluding carboxylic acids is 1. The molecule has 2 aromatic rings. The number of oxazole rings is 1. The van der Waals surface area contributed by atoms with E-state index < -0.39 is 0 Å². The molecule has 1 heterocycles. The fourth-order valence-electron chi connectivity index (χ4n) is 1.69. The first kappa shape index (κ1) is 13.3. The Kier molecular flexibility index (Phi) is 3.97. The summed E-state index contributed by atoms with van der Waals surface area (Å²) in [5, 5.41) is 5.61. The van der Waals surface area contributed by atoms with Crippen molar-refractivity contribution in [3.63, 3.8) is 0 Å². The molecule has 0 saturated carbocycles. The van der Waals surface area contributed by atoms with Crippen LogP contribution in [0.1, 0.15) is 11.5 Å². The Balaban J connectivity index is 2.21. The second-order valence-electron chi connectivity index (χ2n) is 4.32. The van der Waals surface area contributed by atoms with Gasteiger partial charge in [-0.25, -0.2) is 4.98 Å². The maximum atomic E-state index is 11.5. The van der Waals surface area contributed by atoms with Crippen LogP contribution in [-0.2, 0) is 4.79 Å². The zero-order valence-electron chi connectivity index (χ0n) is 11.3. The summed E-state index contributed by atoms with van der Waals surface area (Å²) in [5.41, 5.74) is 2.45. The van der Waals surface area contributed by atoms with Crippen LogP contribution in [0.2, 0.25) is 0 Å². The first-order chi connectivity index (χ1) is 9.10. The van der Waals surface area contributed by atoms with Crippen LogP contribution < -0.4 is 10.6 Å². The second kappa shape index (κ2) is 5.67. The van der Waals surface area contributed by atoms with Crippen molar-refractivity contribution in [2.24, 2.45) is 0 Å². The van der Waals surface area contributed by atoms with E-state index in [1.54, 1.807) is 7.05 Å². The number of amides is 1. The van der Waals surface area contributed by atoms with E-state index in [1.165, 1.54) is 0 Å². The molecule has 5 nitrogen and oxygen atoms in total. The lowest BCUT2D eigenvalue weighted by Crippen LogP contribution is -2.24. The van der Waals surface area contributed by atoms with Crippen LogP contribution >= 0.6 is 0 Å². The highest BCUT2D eigenvalue weighted by molar-refractivity contribution is 5.92. The van der Waals surface area contributed by atoms with Gasteiger partial charge in [0.25, 0.3) is 0 Å². The summed E-state index contributed by atoms with van der Waals surface area (Å²) in [5.74, 6) is 1.29. The van der Waals surface area contributed by atoms with Gasteiger partial charge in [-0.2, -0.15) is 0 Å². The normalized spacial score (nSPS) is 10.5. The number of carbonyl (C=O) groups is 1. The van der Waals surface area contributed by atoms with Gasteiger partial charge in [-0.1, -0.05) is 6.07 Å². The van der Waals surface area contributed by atoms with Gasteiger partial charge >= 0.3 is 0 Å². The Morgan fingerprint density at radius 3 is 2.79 bits per heavy atom. The largest absolute Gasteiger partial charge is 0.441 e. The van der Waals surface area contributed by atoms with Crippen LogP contribution in [0.4, 0.5) is 5.69 Å². The molecule has 0 bridgehead atoms. The lowest BCUT2D eigenvalue weighted by atomic mass is 10.2. The lowest BCUT2D eigenvalue weighted by molar-refractivity contribution is -0.115. The molecule has 1 amide bonds. The minimum atomic E-state index is -0.0839. The van der Waals surface area contributed by atoms with Gasteiger partial charge in [0.15, 0.2) is 0 Å². The average molecular weight is 259 g/mol. The summed E-state index contributed by atoms with van der Waals surface area (Å²) in [4.78, 5) is 15.9. The van der Waals surface area contributed by atoms with Gasteiger partial charge in [0, 0.05) is 11.3 Å². The van der Waals surface area contributed by atoms with E-state index in [0.717, 1.165) is 22.7 Å². The fraction of sp³-hybridized carbons (Fsp3) is 0.286. The van der Waals surface area contributed by atoms with Crippen molar-refractivity contribution in [3.05, 3.63) is 35.7 Å². The van der Waals surface area contributed by atoms with Crippen molar-refractivity contribution in [2.75, 3.05) is 18.9 Å². The molecule has 1 aromatic heterocycles. The van der Waals surface area contributed by atoms with Gasteiger partial charge in [0.2, 0.25) is 11.8 Å². The quantitative estimate of drug-likeness (QED) is 0.882. The number of aryl methyl sites for hydroxylation is 2. The van der Waals surface area contributed by atoms with E-state index in [2.05, 4.69) is 15.6 Å². The van der Waals surface area contributed by atoms with Crippen LogP contribution in [-0.4, -0.2) is 24.5 Å². The molecule has 0 unspecified atom stereocenters. The van der Waals surface area contributed by atoms with Crippen molar-refractivity contribution < 1.29 is 9.21 Å². The number of nitrogens with one attached hydrogen (secondary N) is 2. The summed E-state index contributed by atoms with van der Waals surface area (Å²) < 4.78 is 5.57. The topological polar surface area (TPSA) is 67.2 Å². The van der Waals surface area contributed by atoms with Crippen molar-refractivity contribution in [1.29, 1.82) is 0 Å². The lowest BCUT2D eigenvalue weighted by Gasteiger charge is -2.05. The number of nitrogens with zero attached hydrogens (tertiary/aromatic N) is 1. The summed E-state index contributed by atoms with van der Waals surface area (Å²) in [7, 11) is 1.73. The highest BCUT2D eigenvalue weighted by Gasteiger charge is 2.09. The summed E-state index contributed by atoms with van der Waals surface area (Å²) in [6.07, 6.45) is 0. The van der Waals surface area contributed by atoms with Gasteiger partial charge in [-0.3, -0.25) is 4.79 Å². The fourth-order valence-corrected chi connectivity index (χ4v) is 1.69. The smallest absolute Gasteiger partial charge is 0.238 e. The Bertz CT molecular complexity index is 571. The molecule has 0 spiro atoms. The maximum absolute atomic E-state index is 11.5. The Hall–Kier alpha value is -2.14. The van der Waals surface area contributed by atoms with Crippen LogP contribution in [0.25, 0.3) is 11.5 Å². The van der Waals surface area contributed by atoms with Gasteiger partial charge < -0.3 is 15.1 Å². The number of rotatable bonds is 4.